The predicted molar refractivity (Wildman–Crippen MR) is 99.0 cm³/mol. The molecule has 0 spiro atoms. The third-order valence-corrected chi connectivity index (χ3v) is 6.12. The molecule has 0 saturated carbocycles. The van der Waals surface area contributed by atoms with Crippen molar-refractivity contribution in [1.29, 1.82) is 0 Å². The van der Waals surface area contributed by atoms with Crippen LogP contribution in [0.5, 0.6) is 0 Å². The smallest absolute Gasteiger partial charge is 0.285 e. The van der Waals surface area contributed by atoms with Gasteiger partial charge in [0, 0.05) is 21.0 Å². The highest BCUT2D eigenvalue weighted by Crippen LogP contribution is 2.29. The molecule has 24 heavy (non-hydrogen) atoms. The molecule has 2 heterocycles. The van der Waals surface area contributed by atoms with Crippen molar-refractivity contribution in [2.24, 2.45) is 4.40 Å². The van der Waals surface area contributed by atoms with E-state index in [9.17, 15) is 8.42 Å². The van der Waals surface area contributed by atoms with Crippen LogP contribution in [0, 0.1) is 0 Å². The number of benzene rings is 2. The summed E-state index contributed by atoms with van der Waals surface area (Å²) in [6, 6.07) is 14.6. The number of anilines is 1. The van der Waals surface area contributed by atoms with Crippen molar-refractivity contribution >= 4 is 48.3 Å². The summed E-state index contributed by atoms with van der Waals surface area (Å²) in [5.74, 6) is 0.308. The quantitative estimate of drug-likeness (QED) is 0.677. The molecule has 0 aliphatic carbocycles. The minimum absolute atomic E-state index is 0.220. The minimum Gasteiger partial charge on any atom is -0.315 e. The lowest BCUT2D eigenvalue weighted by molar-refractivity contribution is 0.599. The first-order valence-corrected chi connectivity index (χ1v) is 10.1. The Morgan fingerprint density at radius 1 is 1.04 bits per heavy atom. The number of halogens is 1. The van der Waals surface area contributed by atoms with Gasteiger partial charge >= 0.3 is 0 Å². The number of thiazole rings is 1. The van der Waals surface area contributed by atoms with Crippen molar-refractivity contribution in [1.82, 2.24) is 4.98 Å². The normalized spacial score (nSPS) is 15.0. The van der Waals surface area contributed by atoms with E-state index in [0.29, 0.717) is 16.5 Å². The second-order valence-electron chi connectivity index (χ2n) is 5.08. The fourth-order valence-corrected chi connectivity index (χ4v) is 4.54. The summed E-state index contributed by atoms with van der Waals surface area (Å²) in [6.45, 7) is 0. The van der Waals surface area contributed by atoms with E-state index in [4.69, 9.17) is 0 Å². The van der Waals surface area contributed by atoms with Gasteiger partial charge in [-0.1, -0.05) is 40.2 Å². The molecule has 1 aliphatic rings. The zero-order valence-electron chi connectivity index (χ0n) is 12.1. The highest BCUT2D eigenvalue weighted by Gasteiger charge is 2.28. The van der Waals surface area contributed by atoms with Crippen LogP contribution in [0.2, 0.25) is 0 Å². The minimum atomic E-state index is -3.63. The van der Waals surface area contributed by atoms with E-state index < -0.39 is 10.0 Å². The molecule has 0 radical (unpaired) electrons. The van der Waals surface area contributed by atoms with E-state index in [1.54, 1.807) is 24.3 Å². The lowest BCUT2D eigenvalue weighted by Crippen LogP contribution is -2.10. The van der Waals surface area contributed by atoms with Crippen LogP contribution in [-0.4, -0.2) is 19.2 Å². The van der Waals surface area contributed by atoms with Gasteiger partial charge in [-0.05, 0) is 24.3 Å². The van der Waals surface area contributed by atoms with Gasteiger partial charge in [0.1, 0.15) is 4.90 Å². The van der Waals surface area contributed by atoms with Gasteiger partial charge in [0.05, 0.1) is 5.69 Å². The number of rotatable bonds is 2. The number of nitrogens with one attached hydrogen (secondary N) is 1. The molecule has 2 aromatic carbocycles. The number of hydrogen-bond acceptors (Lipinski definition) is 5. The van der Waals surface area contributed by atoms with E-state index >= 15 is 0 Å². The Balaban J connectivity index is 1.65. The van der Waals surface area contributed by atoms with Gasteiger partial charge < -0.3 is 5.32 Å². The van der Waals surface area contributed by atoms with E-state index in [1.165, 1.54) is 11.3 Å². The lowest BCUT2D eigenvalue weighted by Gasteiger charge is -2.02. The van der Waals surface area contributed by atoms with Crippen LogP contribution in [0.1, 0.15) is 5.56 Å². The first kappa shape index (κ1) is 15.5. The summed E-state index contributed by atoms with van der Waals surface area (Å²) < 4.78 is 28.9. The number of sulfonamides is 1. The summed E-state index contributed by atoms with van der Waals surface area (Å²) in [4.78, 5) is 4.73. The van der Waals surface area contributed by atoms with Crippen LogP contribution in [-0.2, 0) is 10.0 Å². The molecular formula is C16H10BrN3O2S2. The topological polar surface area (TPSA) is 71.4 Å². The maximum Gasteiger partial charge on any atom is 0.285 e. The molecule has 0 unspecified atom stereocenters. The molecule has 1 aliphatic heterocycles. The number of hydrogen-bond donors (Lipinski definition) is 1. The van der Waals surface area contributed by atoms with E-state index in [2.05, 4.69) is 30.6 Å². The second-order valence-corrected chi connectivity index (χ2v) is 8.43. The Morgan fingerprint density at radius 2 is 1.79 bits per heavy atom. The molecule has 5 nitrogen and oxygen atoms in total. The van der Waals surface area contributed by atoms with Gasteiger partial charge in [0.15, 0.2) is 11.0 Å². The van der Waals surface area contributed by atoms with Crippen molar-refractivity contribution in [3.8, 4) is 11.3 Å². The van der Waals surface area contributed by atoms with Crippen LogP contribution >= 0.6 is 27.3 Å². The van der Waals surface area contributed by atoms with Gasteiger partial charge in [-0.15, -0.1) is 15.7 Å². The van der Waals surface area contributed by atoms with E-state index in [-0.39, 0.29) is 4.90 Å². The Morgan fingerprint density at radius 3 is 2.58 bits per heavy atom. The molecule has 120 valence electrons. The number of aromatic nitrogens is 1. The maximum absolute atomic E-state index is 12.1. The molecule has 0 bridgehead atoms. The largest absolute Gasteiger partial charge is 0.315 e. The summed E-state index contributed by atoms with van der Waals surface area (Å²) >= 11 is 4.81. The molecule has 1 aromatic heterocycles. The number of amidine groups is 1. The van der Waals surface area contributed by atoms with Gasteiger partial charge in [0.25, 0.3) is 10.0 Å². The maximum atomic E-state index is 12.1. The summed E-state index contributed by atoms with van der Waals surface area (Å²) in [5, 5.41) is 5.54. The summed E-state index contributed by atoms with van der Waals surface area (Å²) in [6.07, 6.45) is 0. The molecule has 4 rings (SSSR count). The molecule has 8 heteroatoms. The average Bonchev–Trinajstić information content (AvgIpc) is 3.12. The van der Waals surface area contributed by atoms with Crippen LogP contribution < -0.4 is 5.32 Å². The Kier molecular flexibility index (Phi) is 3.75. The third-order valence-electron chi connectivity index (χ3n) is 3.50. The lowest BCUT2D eigenvalue weighted by atomic mass is 10.2. The van der Waals surface area contributed by atoms with Crippen molar-refractivity contribution in [2.75, 3.05) is 5.32 Å². The van der Waals surface area contributed by atoms with Crippen LogP contribution in [0.3, 0.4) is 0 Å². The molecule has 0 saturated heterocycles. The van der Waals surface area contributed by atoms with Gasteiger partial charge in [-0.2, -0.15) is 8.42 Å². The molecule has 3 aromatic rings. The molecule has 0 atom stereocenters. The molecule has 0 fully saturated rings. The monoisotopic (exact) mass is 419 g/mol. The number of fused-ring (bicyclic) bond motifs is 1. The highest BCUT2D eigenvalue weighted by molar-refractivity contribution is 9.10. The van der Waals surface area contributed by atoms with E-state index in [0.717, 1.165) is 15.7 Å². The first-order valence-electron chi connectivity index (χ1n) is 6.96. The van der Waals surface area contributed by atoms with E-state index in [1.807, 2.05) is 29.6 Å². The van der Waals surface area contributed by atoms with Crippen LogP contribution in [0.25, 0.3) is 11.3 Å². The third kappa shape index (κ3) is 2.77. The highest BCUT2D eigenvalue weighted by atomic mass is 79.9. The van der Waals surface area contributed by atoms with Crippen LogP contribution in [0.4, 0.5) is 5.13 Å². The van der Waals surface area contributed by atoms with Crippen molar-refractivity contribution in [3.05, 3.63) is 63.9 Å². The van der Waals surface area contributed by atoms with Gasteiger partial charge in [0.2, 0.25) is 0 Å². The second kappa shape index (κ2) is 5.80. The summed E-state index contributed by atoms with van der Waals surface area (Å²) in [5.41, 5.74) is 2.38. The fourth-order valence-electron chi connectivity index (χ4n) is 2.38. The number of nitrogens with zero attached hydrogens (tertiary/aromatic N) is 2. The van der Waals surface area contributed by atoms with Crippen molar-refractivity contribution in [2.45, 2.75) is 4.90 Å². The standard InChI is InChI=1S/C16H10BrN3O2S2/c17-11-7-5-10(6-8-11)13-9-23-16(18-13)19-15-12-3-1-2-4-14(12)24(21,22)20-15/h1-9H,(H,18,19,20). The van der Waals surface area contributed by atoms with Crippen molar-refractivity contribution < 1.29 is 8.42 Å². The van der Waals surface area contributed by atoms with Gasteiger partial charge in [-0.3, -0.25) is 0 Å². The SMILES string of the molecule is O=S1(=O)N=C(Nc2nc(-c3ccc(Br)cc3)cs2)c2ccccc21. The zero-order chi connectivity index (χ0) is 16.7. The predicted octanol–water partition coefficient (Wildman–Crippen LogP) is 4.13. The van der Waals surface area contributed by atoms with Crippen molar-refractivity contribution in [3.63, 3.8) is 0 Å². The molecule has 1 N–H and O–H groups in total. The first-order chi connectivity index (χ1) is 11.5. The molecular weight excluding hydrogens is 410 g/mol. The Hall–Kier alpha value is -2.03. The summed E-state index contributed by atoms with van der Waals surface area (Å²) in [7, 11) is -3.63. The Bertz CT molecular complexity index is 1060. The fraction of sp³-hybridized carbons (Fsp3) is 0. The zero-order valence-corrected chi connectivity index (χ0v) is 15.3. The average molecular weight is 420 g/mol. The van der Waals surface area contributed by atoms with Crippen LogP contribution in [0.15, 0.2) is 67.7 Å². The molecule has 0 amide bonds. The van der Waals surface area contributed by atoms with Gasteiger partial charge in [-0.25, -0.2) is 4.98 Å². The Labute approximate surface area is 151 Å².